The molecule has 4 rings (SSSR count). The Bertz CT molecular complexity index is 1360. The summed E-state index contributed by atoms with van der Waals surface area (Å²) in [7, 11) is 0. The van der Waals surface area contributed by atoms with Crippen molar-refractivity contribution in [1.29, 1.82) is 0 Å². The zero-order valence-electron chi connectivity index (χ0n) is 17.9. The Kier molecular flexibility index (Phi) is 7.06. The predicted molar refractivity (Wildman–Crippen MR) is 127 cm³/mol. The molecule has 2 aromatic carbocycles. The summed E-state index contributed by atoms with van der Waals surface area (Å²) < 4.78 is 14.9. The molecule has 0 atom stereocenters. The molecule has 2 aromatic heterocycles. The summed E-state index contributed by atoms with van der Waals surface area (Å²) in [4.78, 5) is 25.5. The van der Waals surface area contributed by atoms with Crippen LogP contribution in [0.5, 0.6) is 0 Å². The van der Waals surface area contributed by atoms with E-state index in [0.29, 0.717) is 27.7 Å². The van der Waals surface area contributed by atoms with Crippen LogP contribution in [-0.2, 0) is 13.2 Å². The van der Waals surface area contributed by atoms with Crippen molar-refractivity contribution in [1.82, 2.24) is 24.8 Å². The average molecular weight is 501 g/mol. The van der Waals surface area contributed by atoms with Gasteiger partial charge in [-0.15, -0.1) is 0 Å². The van der Waals surface area contributed by atoms with Gasteiger partial charge in [-0.1, -0.05) is 35.3 Å². The van der Waals surface area contributed by atoms with Gasteiger partial charge in [-0.2, -0.15) is 4.98 Å². The van der Waals surface area contributed by atoms with Crippen LogP contribution in [0.3, 0.4) is 0 Å². The van der Waals surface area contributed by atoms with E-state index in [1.807, 2.05) is 6.92 Å². The largest absolute Gasteiger partial charge is 0.392 e. The highest BCUT2D eigenvalue weighted by molar-refractivity contribution is 6.33. The molecule has 0 aliphatic heterocycles. The van der Waals surface area contributed by atoms with Gasteiger partial charge in [-0.3, -0.25) is 9.36 Å². The lowest BCUT2D eigenvalue weighted by atomic mass is 10.1. The zero-order valence-corrected chi connectivity index (χ0v) is 19.4. The molecule has 0 spiro atoms. The van der Waals surface area contributed by atoms with E-state index in [0.717, 1.165) is 5.56 Å². The Balaban J connectivity index is 1.50. The fraction of sp³-hybridized carbons (Fsp3) is 0.130. The molecule has 3 N–H and O–H groups in total. The smallest absolute Gasteiger partial charge is 0.271 e. The summed E-state index contributed by atoms with van der Waals surface area (Å²) in [5.41, 5.74) is 2.65. The maximum atomic E-state index is 13.3. The van der Waals surface area contributed by atoms with Gasteiger partial charge < -0.3 is 15.7 Å². The molecule has 174 valence electrons. The third kappa shape index (κ3) is 5.17. The van der Waals surface area contributed by atoms with Gasteiger partial charge in [0.15, 0.2) is 0 Å². The van der Waals surface area contributed by atoms with Gasteiger partial charge in [0.2, 0.25) is 5.95 Å². The number of aromatic nitrogens is 4. The molecule has 2 heterocycles. The van der Waals surface area contributed by atoms with Gasteiger partial charge in [0.05, 0.1) is 17.3 Å². The Labute approximate surface area is 204 Å². The number of aliphatic hydroxyl groups excluding tert-OH is 1. The first-order valence-corrected chi connectivity index (χ1v) is 10.9. The number of benzene rings is 2. The third-order valence-electron chi connectivity index (χ3n) is 5.00. The number of rotatable bonds is 7. The van der Waals surface area contributed by atoms with Crippen LogP contribution in [0.2, 0.25) is 10.0 Å². The minimum atomic E-state index is -0.451. The van der Waals surface area contributed by atoms with Crippen LogP contribution in [0.4, 0.5) is 16.0 Å². The average Bonchev–Trinajstić information content (AvgIpc) is 3.30. The first-order chi connectivity index (χ1) is 16.4. The van der Waals surface area contributed by atoms with Crippen molar-refractivity contribution in [3.8, 4) is 5.82 Å². The lowest BCUT2D eigenvalue weighted by Crippen LogP contribution is -2.23. The van der Waals surface area contributed by atoms with E-state index in [1.54, 1.807) is 35.2 Å². The van der Waals surface area contributed by atoms with E-state index in [2.05, 4.69) is 25.6 Å². The number of aliphatic hydroxyl groups is 1. The second-order valence-corrected chi connectivity index (χ2v) is 8.15. The van der Waals surface area contributed by atoms with E-state index in [9.17, 15) is 14.3 Å². The number of aryl methyl sites for hydroxylation is 1. The summed E-state index contributed by atoms with van der Waals surface area (Å²) in [5.74, 6) is -0.106. The van der Waals surface area contributed by atoms with Crippen LogP contribution < -0.4 is 10.6 Å². The van der Waals surface area contributed by atoms with E-state index in [-0.39, 0.29) is 29.8 Å². The molecule has 0 aliphatic rings. The molecule has 0 aliphatic carbocycles. The zero-order chi connectivity index (χ0) is 24.2. The number of hydrogen-bond donors (Lipinski definition) is 3. The van der Waals surface area contributed by atoms with E-state index < -0.39 is 11.7 Å². The third-order valence-corrected chi connectivity index (χ3v) is 5.66. The van der Waals surface area contributed by atoms with Crippen molar-refractivity contribution in [3.63, 3.8) is 0 Å². The van der Waals surface area contributed by atoms with Gasteiger partial charge in [0.1, 0.15) is 23.7 Å². The number of hydrogen-bond acceptors (Lipinski definition) is 6. The summed E-state index contributed by atoms with van der Waals surface area (Å²) in [6.45, 7) is 1.77. The van der Waals surface area contributed by atoms with E-state index in [4.69, 9.17) is 23.2 Å². The molecule has 0 bridgehead atoms. The number of halogens is 3. The van der Waals surface area contributed by atoms with Gasteiger partial charge in [0, 0.05) is 35.1 Å². The highest BCUT2D eigenvalue weighted by atomic mass is 35.5. The Morgan fingerprint density at radius 3 is 2.76 bits per heavy atom. The van der Waals surface area contributed by atoms with Crippen molar-refractivity contribution >= 4 is 40.7 Å². The summed E-state index contributed by atoms with van der Waals surface area (Å²) in [6.07, 6.45) is 4.62. The lowest BCUT2D eigenvalue weighted by Gasteiger charge is -2.10. The summed E-state index contributed by atoms with van der Waals surface area (Å²) in [6, 6.07) is 9.16. The van der Waals surface area contributed by atoms with Crippen molar-refractivity contribution < 1.29 is 14.3 Å². The maximum absolute atomic E-state index is 13.3. The van der Waals surface area contributed by atoms with E-state index in [1.165, 1.54) is 24.5 Å². The molecular weight excluding hydrogens is 482 g/mol. The predicted octanol–water partition coefficient (Wildman–Crippen LogP) is 4.58. The summed E-state index contributed by atoms with van der Waals surface area (Å²) >= 11 is 12.2. The van der Waals surface area contributed by atoms with Gasteiger partial charge in [0.25, 0.3) is 5.91 Å². The molecule has 34 heavy (non-hydrogen) atoms. The number of amides is 1. The number of anilines is 2. The van der Waals surface area contributed by atoms with Crippen LogP contribution in [0.1, 0.15) is 27.2 Å². The second kappa shape index (κ2) is 10.2. The first-order valence-electron chi connectivity index (χ1n) is 10.1. The maximum Gasteiger partial charge on any atom is 0.271 e. The lowest BCUT2D eigenvalue weighted by molar-refractivity contribution is 0.0946. The van der Waals surface area contributed by atoms with Crippen molar-refractivity contribution in [2.75, 3.05) is 5.32 Å². The highest BCUT2D eigenvalue weighted by Crippen LogP contribution is 2.25. The van der Waals surface area contributed by atoms with Crippen molar-refractivity contribution in [2.24, 2.45) is 0 Å². The number of nitrogens with zero attached hydrogens (tertiary/aromatic N) is 4. The van der Waals surface area contributed by atoms with Crippen LogP contribution in [0, 0.1) is 12.7 Å². The highest BCUT2D eigenvalue weighted by Gasteiger charge is 2.14. The number of carbonyl (C=O) groups is 1. The standard InChI is InChI=1S/C23H19Cl2FN6O2/c1-13-8-28-23(30-19-6-5-15(26)7-18(19)25)31-21(13)32-10-20(29-12-32)22(34)27-9-14-3-2-4-17(24)16(14)11-33/h2-8,10,12,33H,9,11H2,1H3,(H,27,34)(H,28,30,31). The first kappa shape index (κ1) is 23.6. The van der Waals surface area contributed by atoms with Crippen LogP contribution in [-0.4, -0.2) is 30.5 Å². The molecule has 0 fully saturated rings. The monoisotopic (exact) mass is 500 g/mol. The normalized spacial score (nSPS) is 10.9. The van der Waals surface area contributed by atoms with Crippen LogP contribution in [0.25, 0.3) is 5.82 Å². The SMILES string of the molecule is Cc1cnc(Nc2ccc(F)cc2Cl)nc1-n1cnc(C(=O)NCc2cccc(Cl)c2CO)c1. The van der Waals surface area contributed by atoms with Crippen molar-refractivity contribution in [2.45, 2.75) is 20.1 Å². The molecule has 1 amide bonds. The fourth-order valence-electron chi connectivity index (χ4n) is 3.23. The quantitative estimate of drug-likeness (QED) is 0.343. The minimum absolute atomic E-state index is 0.182. The molecule has 0 saturated carbocycles. The minimum Gasteiger partial charge on any atom is -0.392 e. The molecule has 11 heteroatoms. The number of carbonyl (C=O) groups excluding carboxylic acids is 1. The topological polar surface area (TPSA) is 105 Å². The number of nitrogens with one attached hydrogen (secondary N) is 2. The van der Waals surface area contributed by atoms with Gasteiger partial charge >= 0.3 is 0 Å². The molecular formula is C23H19Cl2FN6O2. The Morgan fingerprint density at radius 1 is 1.18 bits per heavy atom. The molecule has 0 saturated heterocycles. The molecule has 8 nitrogen and oxygen atoms in total. The molecule has 0 radical (unpaired) electrons. The molecule has 4 aromatic rings. The Morgan fingerprint density at radius 2 is 2.00 bits per heavy atom. The summed E-state index contributed by atoms with van der Waals surface area (Å²) in [5, 5.41) is 15.9. The Hall–Kier alpha value is -3.53. The van der Waals surface area contributed by atoms with Gasteiger partial charge in [-0.25, -0.2) is 14.4 Å². The second-order valence-electron chi connectivity index (χ2n) is 7.33. The van der Waals surface area contributed by atoms with Crippen molar-refractivity contribution in [3.05, 3.63) is 93.4 Å². The number of imidazole rings is 1. The van der Waals surface area contributed by atoms with Crippen LogP contribution in [0.15, 0.2) is 55.1 Å². The van der Waals surface area contributed by atoms with Crippen LogP contribution >= 0.6 is 23.2 Å². The molecule has 0 unspecified atom stereocenters. The fourth-order valence-corrected chi connectivity index (χ4v) is 3.70. The van der Waals surface area contributed by atoms with E-state index >= 15 is 0 Å². The van der Waals surface area contributed by atoms with Gasteiger partial charge in [-0.05, 0) is 36.8 Å².